The Morgan fingerprint density at radius 1 is 1.32 bits per heavy atom. The number of nitrogens with one attached hydrogen (secondary N) is 1. The molecule has 1 saturated carbocycles. The molecule has 2 saturated heterocycles. The van der Waals surface area contributed by atoms with Crippen LogP contribution in [0.1, 0.15) is 45.4 Å². The van der Waals surface area contributed by atoms with Gasteiger partial charge in [0.15, 0.2) is 0 Å². The Hall–Kier alpha value is -0.0900. The Labute approximate surface area is 124 Å². The summed E-state index contributed by atoms with van der Waals surface area (Å²) < 4.78 is 5.65. The number of hydrogen-bond donors (Lipinski definition) is 1. The van der Waals surface area contributed by atoms with Crippen LogP contribution < -0.4 is 4.90 Å². The van der Waals surface area contributed by atoms with Crippen molar-refractivity contribution in [2.45, 2.75) is 56.3 Å². The van der Waals surface area contributed by atoms with Gasteiger partial charge in [0.2, 0.25) is 0 Å². The lowest BCUT2D eigenvalue weighted by atomic mass is 9.84. The molecule has 19 heavy (non-hydrogen) atoms. The van der Waals surface area contributed by atoms with Crippen molar-refractivity contribution in [3.8, 4) is 0 Å². The van der Waals surface area contributed by atoms with Crippen LogP contribution in [-0.2, 0) is 9.53 Å². The summed E-state index contributed by atoms with van der Waals surface area (Å²) in [6, 6.07) is 0.752. The molecule has 5 atom stereocenters. The fraction of sp³-hybridized carbons (Fsp3) is 0.933. The Morgan fingerprint density at radius 2 is 2.05 bits per heavy atom. The number of hydrogen-bond acceptors (Lipinski definition) is 2. The molecule has 0 radical (unpaired) electrons. The topological polar surface area (TPSA) is 30.7 Å². The van der Waals surface area contributed by atoms with E-state index >= 15 is 0 Å². The average molecular weight is 331 g/mol. The van der Waals surface area contributed by atoms with E-state index < -0.39 is 0 Å². The third kappa shape index (κ3) is 2.71. The normalized spacial score (nSPS) is 45.4. The molecule has 0 amide bonds. The molecule has 3 rings (SSSR count). The Bertz CT molecular complexity index is 360. The Kier molecular flexibility index (Phi) is 3.91. The summed E-state index contributed by atoms with van der Waals surface area (Å²) in [5, 5.41) is 0. The number of ether oxygens (including phenoxy) is 1. The maximum atomic E-state index is 12.1. The number of fused-ring (bicyclic) bond motifs is 1. The largest absolute Gasteiger partial charge is 0.465 e. The second-order valence-electron chi connectivity index (χ2n) is 6.85. The van der Waals surface area contributed by atoms with Crippen LogP contribution in [0.5, 0.6) is 0 Å². The minimum Gasteiger partial charge on any atom is -0.465 e. The highest BCUT2D eigenvalue weighted by Gasteiger charge is 2.56. The van der Waals surface area contributed by atoms with E-state index in [2.05, 4.69) is 15.9 Å². The van der Waals surface area contributed by atoms with Crippen molar-refractivity contribution in [1.29, 1.82) is 0 Å². The number of alkyl halides is 1. The molecule has 3 fully saturated rings. The summed E-state index contributed by atoms with van der Waals surface area (Å²) in [5.41, 5.74) is -0.242. The van der Waals surface area contributed by atoms with Gasteiger partial charge in [0.1, 0.15) is 0 Å². The van der Waals surface area contributed by atoms with Gasteiger partial charge in [-0.3, -0.25) is 4.79 Å². The van der Waals surface area contributed by atoms with E-state index in [-0.39, 0.29) is 11.4 Å². The fourth-order valence-corrected chi connectivity index (χ4v) is 4.71. The third-order valence-electron chi connectivity index (χ3n) is 5.46. The molecule has 3 aliphatic rings. The van der Waals surface area contributed by atoms with Crippen molar-refractivity contribution in [2.24, 2.45) is 11.3 Å². The monoisotopic (exact) mass is 330 g/mol. The van der Waals surface area contributed by atoms with Gasteiger partial charge < -0.3 is 9.64 Å². The summed E-state index contributed by atoms with van der Waals surface area (Å²) in [7, 11) is 0. The maximum absolute atomic E-state index is 12.1. The number of rotatable bonds is 3. The number of quaternary nitrogens is 1. The molecule has 2 heterocycles. The van der Waals surface area contributed by atoms with Crippen LogP contribution in [0, 0.1) is 11.3 Å². The van der Waals surface area contributed by atoms with E-state index in [4.69, 9.17) is 4.74 Å². The summed E-state index contributed by atoms with van der Waals surface area (Å²) in [5.74, 6) is 0.612. The van der Waals surface area contributed by atoms with Crippen LogP contribution in [0.3, 0.4) is 0 Å². The van der Waals surface area contributed by atoms with E-state index in [1.807, 2.05) is 6.92 Å². The third-order valence-corrected chi connectivity index (χ3v) is 6.79. The van der Waals surface area contributed by atoms with Gasteiger partial charge in [-0.05, 0) is 45.4 Å². The lowest BCUT2D eigenvalue weighted by Crippen LogP contribution is -3.18. The molecule has 0 aromatic heterocycles. The second kappa shape index (κ2) is 5.36. The highest BCUT2D eigenvalue weighted by atomic mass is 79.9. The number of esters is 1. The summed E-state index contributed by atoms with van der Waals surface area (Å²) in [6.07, 6.45) is 7.54. The van der Waals surface area contributed by atoms with Gasteiger partial charge in [0.25, 0.3) is 0 Å². The Balaban J connectivity index is 1.53. The van der Waals surface area contributed by atoms with E-state index in [0.717, 1.165) is 12.5 Å². The molecule has 0 aromatic carbocycles. The molecule has 1 N–H and O–H groups in total. The Morgan fingerprint density at radius 3 is 2.79 bits per heavy atom. The van der Waals surface area contributed by atoms with Crippen LogP contribution in [0.2, 0.25) is 0 Å². The zero-order valence-corrected chi connectivity index (χ0v) is 13.4. The molecular weight excluding hydrogens is 306 g/mol. The number of carbonyl (C=O) groups excluding carboxylic acids is 1. The molecule has 0 spiro atoms. The highest BCUT2D eigenvalue weighted by molar-refractivity contribution is 9.09. The predicted molar refractivity (Wildman–Crippen MR) is 77.5 cm³/mol. The van der Waals surface area contributed by atoms with Gasteiger partial charge in [-0.1, -0.05) is 15.9 Å². The average Bonchev–Trinajstić information content (AvgIpc) is 3.05. The first-order valence-electron chi connectivity index (χ1n) is 7.77. The van der Waals surface area contributed by atoms with Crippen molar-refractivity contribution in [2.75, 3.05) is 19.7 Å². The lowest BCUT2D eigenvalue weighted by molar-refractivity contribution is -0.940. The van der Waals surface area contributed by atoms with Crippen molar-refractivity contribution in [3.63, 3.8) is 0 Å². The zero-order chi connectivity index (χ0) is 13.5. The van der Waals surface area contributed by atoms with Crippen molar-refractivity contribution < 1.29 is 14.4 Å². The molecular formula is C15H25BrNO2+. The highest BCUT2D eigenvalue weighted by Crippen LogP contribution is 2.52. The first kappa shape index (κ1) is 13.9. The molecule has 0 bridgehead atoms. The number of carbonyl (C=O) groups is 1. The van der Waals surface area contributed by atoms with E-state index in [1.165, 1.54) is 45.2 Å². The van der Waals surface area contributed by atoms with Crippen LogP contribution in [0.25, 0.3) is 0 Å². The summed E-state index contributed by atoms with van der Waals surface area (Å²) >= 11 is 3.52. The maximum Gasteiger partial charge on any atom is 0.312 e. The van der Waals surface area contributed by atoms with Crippen molar-refractivity contribution in [1.82, 2.24) is 0 Å². The van der Waals surface area contributed by atoms with E-state index in [1.54, 1.807) is 4.90 Å². The molecule has 108 valence electrons. The SMILES string of the molecule is C[C@]1(C(=O)OC[C@@H]2CCC[NH+]3CCCC[C@H]23)C[C@@H]1Br. The summed E-state index contributed by atoms with van der Waals surface area (Å²) in [4.78, 5) is 14.2. The minimum absolute atomic E-state index is 0.0114. The van der Waals surface area contributed by atoms with Crippen LogP contribution >= 0.6 is 15.9 Å². The molecule has 2 aliphatic heterocycles. The van der Waals surface area contributed by atoms with Gasteiger partial charge >= 0.3 is 5.97 Å². The van der Waals surface area contributed by atoms with Crippen molar-refractivity contribution >= 4 is 21.9 Å². The quantitative estimate of drug-likeness (QED) is 0.628. The van der Waals surface area contributed by atoms with Gasteiger partial charge in [0.05, 0.1) is 31.2 Å². The van der Waals surface area contributed by atoms with Crippen LogP contribution in [-0.4, -0.2) is 36.5 Å². The number of halogens is 1. The van der Waals surface area contributed by atoms with E-state index in [9.17, 15) is 4.79 Å². The van der Waals surface area contributed by atoms with Gasteiger partial charge in [-0.15, -0.1) is 0 Å². The van der Waals surface area contributed by atoms with Crippen LogP contribution in [0.15, 0.2) is 0 Å². The smallest absolute Gasteiger partial charge is 0.312 e. The lowest BCUT2D eigenvalue weighted by Gasteiger charge is -2.41. The van der Waals surface area contributed by atoms with Gasteiger partial charge in [0, 0.05) is 10.7 Å². The van der Waals surface area contributed by atoms with E-state index in [0.29, 0.717) is 17.4 Å². The predicted octanol–water partition coefficient (Wildman–Crippen LogP) is 1.55. The molecule has 4 heteroatoms. The van der Waals surface area contributed by atoms with Crippen molar-refractivity contribution in [3.05, 3.63) is 0 Å². The molecule has 1 aliphatic carbocycles. The number of piperidine rings is 2. The first-order valence-corrected chi connectivity index (χ1v) is 8.69. The zero-order valence-electron chi connectivity index (χ0n) is 11.8. The molecule has 0 aromatic rings. The fourth-order valence-electron chi connectivity index (χ4n) is 3.85. The van der Waals surface area contributed by atoms with Gasteiger partial charge in [-0.25, -0.2) is 0 Å². The summed E-state index contributed by atoms with van der Waals surface area (Å²) in [6.45, 7) is 5.32. The van der Waals surface area contributed by atoms with Crippen LogP contribution in [0.4, 0.5) is 0 Å². The minimum atomic E-state index is -0.242. The van der Waals surface area contributed by atoms with Gasteiger partial charge in [-0.2, -0.15) is 0 Å². The first-order chi connectivity index (χ1) is 9.11. The molecule has 3 nitrogen and oxygen atoms in total. The second-order valence-corrected chi connectivity index (χ2v) is 7.96. The molecule has 1 unspecified atom stereocenters. The standard InChI is InChI=1S/C15H24BrNO2/c1-15(9-13(15)16)14(18)19-10-11-5-4-8-17-7-3-2-6-12(11)17/h11-13H,2-10H2,1H3/p+1/t11-,12+,13-,15-/m0/s1.